The minimum atomic E-state index is -4.17. The van der Waals surface area contributed by atoms with Crippen molar-refractivity contribution in [2.75, 3.05) is 18.9 Å². The minimum absolute atomic E-state index is 0.154. The molecule has 0 spiro atoms. The Morgan fingerprint density at radius 1 is 1.31 bits per heavy atom. The summed E-state index contributed by atoms with van der Waals surface area (Å²) < 4.78 is 51.7. The first kappa shape index (κ1) is 22.5. The van der Waals surface area contributed by atoms with E-state index in [0.717, 1.165) is 4.68 Å². The summed E-state index contributed by atoms with van der Waals surface area (Å²) in [4.78, 5) is 12.7. The largest absolute Gasteiger partial charge is 0.370 e. The van der Waals surface area contributed by atoms with Crippen LogP contribution in [0.3, 0.4) is 0 Å². The monoisotopic (exact) mass is 462 g/mol. The Labute approximate surface area is 170 Å². The van der Waals surface area contributed by atoms with Gasteiger partial charge in [0.05, 0.1) is 11.4 Å². The average Bonchev–Trinajstić information content (AvgIpc) is 2.95. The highest BCUT2D eigenvalue weighted by atomic mass is 32.2. The van der Waals surface area contributed by atoms with Crippen LogP contribution in [0.2, 0.25) is 0 Å². The minimum Gasteiger partial charge on any atom is -0.370 e. The van der Waals surface area contributed by atoms with Gasteiger partial charge in [-0.3, -0.25) is 10.2 Å². The topological polar surface area (TPSA) is 207 Å². The van der Waals surface area contributed by atoms with Gasteiger partial charge in [-0.2, -0.15) is 8.42 Å². The van der Waals surface area contributed by atoms with E-state index in [9.17, 15) is 21.6 Å². The molecule has 0 aliphatic carbocycles. The van der Waals surface area contributed by atoms with Crippen molar-refractivity contribution < 1.29 is 21.6 Å². The second-order valence-electron chi connectivity index (χ2n) is 5.70. The number of guanidine groups is 1. The van der Waals surface area contributed by atoms with Crippen LogP contribution in [0.1, 0.15) is 0 Å². The number of benzene rings is 1. The van der Waals surface area contributed by atoms with E-state index in [1.54, 1.807) is 0 Å². The first-order valence-electron chi connectivity index (χ1n) is 7.62. The lowest BCUT2D eigenvalue weighted by atomic mass is 10.3. The lowest BCUT2D eigenvalue weighted by Crippen LogP contribution is -2.38. The number of carbonyl (C=O) groups is 1. The molecular weight excluding hydrogens is 444 g/mol. The molecule has 1 aromatic heterocycles. The SMILES string of the molecule is CN(CC(=O)Nc1ccc(S(=O)(=O)N=c2sc(S(N)(=O)=O)nn2C)cc1)C(=N)N. The predicted octanol–water partition coefficient (Wildman–Crippen LogP) is -1.82. The van der Waals surface area contributed by atoms with E-state index in [4.69, 9.17) is 16.3 Å². The maximum absolute atomic E-state index is 12.5. The van der Waals surface area contributed by atoms with Crippen LogP contribution in [-0.4, -0.2) is 57.0 Å². The van der Waals surface area contributed by atoms with Gasteiger partial charge in [-0.05, 0) is 24.3 Å². The zero-order valence-corrected chi connectivity index (χ0v) is 17.7. The third-order valence-electron chi connectivity index (χ3n) is 3.36. The Balaban J connectivity index is 2.24. The smallest absolute Gasteiger partial charge is 0.285 e. The summed E-state index contributed by atoms with van der Waals surface area (Å²) in [6.45, 7) is -0.154. The highest BCUT2D eigenvalue weighted by molar-refractivity contribution is 7.91. The highest BCUT2D eigenvalue weighted by Crippen LogP contribution is 2.16. The van der Waals surface area contributed by atoms with E-state index in [1.165, 1.54) is 43.3 Å². The number of rotatable bonds is 6. The third kappa shape index (κ3) is 5.83. The van der Waals surface area contributed by atoms with Crippen molar-refractivity contribution in [2.45, 2.75) is 9.24 Å². The number of aryl methyl sites for hydroxylation is 1. The molecule has 158 valence electrons. The van der Waals surface area contributed by atoms with Crippen molar-refractivity contribution in [3.8, 4) is 0 Å². The molecule has 0 aliphatic rings. The van der Waals surface area contributed by atoms with Crippen molar-refractivity contribution in [2.24, 2.45) is 22.3 Å². The molecule has 1 amide bonds. The summed E-state index contributed by atoms with van der Waals surface area (Å²) in [5.74, 6) is -0.722. The molecule has 0 fully saturated rings. The Kier molecular flexibility index (Phi) is 6.41. The number of aromatic nitrogens is 2. The Morgan fingerprint density at radius 2 is 1.90 bits per heavy atom. The van der Waals surface area contributed by atoms with Crippen LogP contribution in [-0.2, 0) is 31.9 Å². The third-order valence-corrected chi connectivity index (χ3v) is 7.06. The molecule has 1 aromatic carbocycles. The molecule has 16 heteroatoms. The van der Waals surface area contributed by atoms with Gasteiger partial charge >= 0.3 is 0 Å². The van der Waals surface area contributed by atoms with Gasteiger partial charge in [0.15, 0.2) is 5.96 Å². The second kappa shape index (κ2) is 8.27. The fourth-order valence-electron chi connectivity index (χ4n) is 1.89. The predicted molar refractivity (Wildman–Crippen MR) is 105 cm³/mol. The molecule has 2 aromatic rings. The number of primary sulfonamides is 1. The summed E-state index contributed by atoms with van der Waals surface area (Å²) in [6, 6.07) is 5.17. The summed E-state index contributed by atoms with van der Waals surface area (Å²) in [6.07, 6.45) is 0. The van der Waals surface area contributed by atoms with Crippen LogP contribution >= 0.6 is 11.3 Å². The average molecular weight is 463 g/mol. The highest BCUT2D eigenvalue weighted by Gasteiger charge is 2.18. The van der Waals surface area contributed by atoms with Crippen LogP contribution in [0.4, 0.5) is 5.69 Å². The van der Waals surface area contributed by atoms with Gasteiger partial charge in [-0.1, -0.05) is 11.3 Å². The zero-order chi connectivity index (χ0) is 22.0. The van der Waals surface area contributed by atoms with Gasteiger partial charge in [0.2, 0.25) is 15.0 Å². The molecule has 6 N–H and O–H groups in total. The number of nitrogens with one attached hydrogen (secondary N) is 2. The first-order chi connectivity index (χ1) is 13.3. The van der Waals surface area contributed by atoms with Gasteiger partial charge in [0, 0.05) is 19.8 Å². The molecule has 0 atom stereocenters. The molecule has 0 unspecified atom stereocenters. The molecule has 2 rings (SSSR count). The van der Waals surface area contributed by atoms with Crippen LogP contribution in [0, 0.1) is 5.41 Å². The first-order valence-corrected chi connectivity index (χ1v) is 11.4. The fraction of sp³-hybridized carbons (Fsp3) is 0.231. The quantitative estimate of drug-likeness (QED) is 0.283. The molecule has 0 aliphatic heterocycles. The van der Waals surface area contributed by atoms with E-state index in [0.29, 0.717) is 17.0 Å². The van der Waals surface area contributed by atoms with Gasteiger partial charge in [-0.15, -0.1) is 9.50 Å². The Hall–Kier alpha value is -2.82. The van der Waals surface area contributed by atoms with Gasteiger partial charge in [0.25, 0.3) is 20.0 Å². The van der Waals surface area contributed by atoms with E-state index in [2.05, 4.69) is 14.8 Å². The normalized spacial score (nSPS) is 12.6. The number of likely N-dealkylation sites (N-methyl/N-ethyl adjacent to an activating group) is 1. The number of anilines is 1. The maximum atomic E-state index is 12.5. The van der Waals surface area contributed by atoms with Gasteiger partial charge < -0.3 is 16.0 Å². The van der Waals surface area contributed by atoms with Crippen LogP contribution in [0.5, 0.6) is 0 Å². The number of amides is 1. The number of carbonyl (C=O) groups excluding carboxylic acids is 1. The van der Waals surface area contributed by atoms with E-state index in [1.807, 2.05) is 0 Å². The standard InChI is InChI=1S/C13H18N8O5S3/c1-20(11(14)15)7-10(22)17-8-3-5-9(6-4-8)29(25,26)19-12-21(2)18-13(27-12)28(16,23)24/h3-6H,7H2,1-2H3,(H3,14,15)(H,17,22)(H2,16,23,24). The Morgan fingerprint density at radius 3 is 2.38 bits per heavy atom. The summed E-state index contributed by atoms with van der Waals surface area (Å²) in [5.41, 5.74) is 5.58. The number of hydrogen-bond acceptors (Lipinski definition) is 8. The number of nitrogens with two attached hydrogens (primary N) is 2. The number of nitrogens with zero attached hydrogens (tertiary/aromatic N) is 4. The summed E-state index contributed by atoms with van der Waals surface area (Å²) in [7, 11) is -5.46. The van der Waals surface area contributed by atoms with Crippen molar-refractivity contribution in [3.63, 3.8) is 0 Å². The van der Waals surface area contributed by atoms with Crippen LogP contribution in [0.15, 0.2) is 37.9 Å². The number of hydrogen-bond donors (Lipinski definition) is 4. The maximum Gasteiger partial charge on any atom is 0.285 e. The molecule has 0 saturated heterocycles. The van der Waals surface area contributed by atoms with Crippen molar-refractivity contribution >= 4 is 48.9 Å². The van der Waals surface area contributed by atoms with Gasteiger partial charge in [0.1, 0.15) is 0 Å². The van der Waals surface area contributed by atoms with Crippen LogP contribution in [0.25, 0.3) is 0 Å². The summed E-state index contributed by atoms with van der Waals surface area (Å²) >= 11 is 0.511. The van der Waals surface area contributed by atoms with E-state index < -0.39 is 30.3 Å². The fourth-order valence-corrected chi connectivity index (χ4v) is 4.66. The molecule has 0 saturated carbocycles. The van der Waals surface area contributed by atoms with Crippen molar-refractivity contribution in [1.82, 2.24) is 14.7 Å². The van der Waals surface area contributed by atoms with E-state index in [-0.39, 0.29) is 22.2 Å². The van der Waals surface area contributed by atoms with Gasteiger partial charge in [-0.25, -0.2) is 18.2 Å². The molecule has 0 radical (unpaired) electrons. The van der Waals surface area contributed by atoms with E-state index >= 15 is 0 Å². The van der Waals surface area contributed by atoms with Crippen molar-refractivity contribution in [1.29, 1.82) is 5.41 Å². The Bertz CT molecular complexity index is 1210. The van der Waals surface area contributed by atoms with Crippen LogP contribution < -0.4 is 21.0 Å². The molecule has 13 nitrogen and oxygen atoms in total. The lowest BCUT2D eigenvalue weighted by Gasteiger charge is -2.15. The molecular formula is C13H18N8O5S3. The molecule has 29 heavy (non-hydrogen) atoms. The molecule has 0 bridgehead atoms. The molecule has 1 heterocycles. The summed E-state index contributed by atoms with van der Waals surface area (Å²) in [5, 5.41) is 18.4. The number of sulfonamides is 2. The second-order valence-corrected chi connectivity index (χ2v) is 9.99. The zero-order valence-electron chi connectivity index (χ0n) is 15.2. The van der Waals surface area contributed by atoms with Crippen molar-refractivity contribution in [3.05, 3.63) is 29.1 Å². The lowest BCUT2D eigenvalue weighted by molar-refractivity contribution is -0.116.